The molecule has 4 aromatic rings. The number of carbonyl (C=O) groups is 3. The summed E-state index contributed by atoms with van der Waals surface area (Å²) in [5, 5.41) is 25.7. The van der Waals surface area contributed by atoms with E-state index in [9.17, 15) is 24.6 Å². The molecule has 0 aromatic heterocycles. The third kappa shape index (κ3) is 3.89. The molecule has 0 spiro atoms. The van der Waals surface area contributed by atoms with Crippen LogP contribution in [0.15, 0.2) is 91.0 Å². The van der Waals surface area contributed by atoms with E-state index in [1.54, 1.807) is 24.3 Å². The number of carboxylic acid groups (broad SMARTS) is 1. The molecule has 0 bridgehead atoms. The minimum atomic E-state index is -1.74. The van der Waals surface area contributed by atoms with Crippen LogP contribution in [0.4, 0.5) is 5.69 Å². The summed E-state index contributed by atoms with van der Waals surface area (Å²) in [7, 11) is 0. The normalized spacial score (nSPS) is 24.3. The molecular formula is C32H28N2O5. The molecule has 2 saturated heterocycles. The molecule has 3 N–H and O–H groups in total. The molecule has 39 heavy (non-hydrogen) atoms. The maximum atomic E-state index is 14.1. The number of phenolic OH excluding ortho intramolecular Hbond substituents is 1. The zero-order chi connectivity index (χ0) is 27.3. The maximum absolute atomic E-state index is 14.1. The number of hydrogen-bond donors (Lipinski definition) is 3. The van der Waals surface area contributed by atoms with Gasteiger partial charge in [-0.2, -0.15) is 0 Å². The molecule has 0 saturated carbocycles. The van der Waals surface area contributed by atoms with Crippen LogP contribution in [0.2, 0.25) is 0 Å². The van der Waals surface area contributed by atoms with Crippen molar-refractivity contribution in [1.29, 1.82) is 0 Å². The number of nitrogens with zero attached hydrogens (tertiary/aromatic N) is 1. The van der Waals surface area contributed by atoms with E-state index < -0.39 is 41.2 Å². The van der Waals surface area contributed by atoms with Crippen molar-refractivity contribution in [1.82, 2.24) is 5.32 Å². The largest absolute Gasteiger partial charge is 0.508 e. The summed E-state index contributed by atoms with van der Waals surface area (Å²) in [5.41, 5.74) is 1.18. The van der Waals surface area contributed by atoms with Gasteiger partial charge >= 0.3 is 5.97 Å². The highest BCUT2D eigenvalue weighted by atomic mass is 16.4. The summed E-state index contributed by atoms with van der Waals surface area (Å²) >= 11 is 0. The first kappa shape index (κ1) is 24.8. The number of imide groups is 1. The van der Waals surface area contributed by atoms with Crippen LogP contribution in [-0.4, -0.2) is 33.5 Å². The Morgan fingerprint density at radius 2 is 1.54 bits per heavy atom. The lowest BCUT2D eigenvalue weighted by Crippen LogP contribution is -2.57. The van der Waals surface area contributed by atoms with Crippen LogP contribution in [-0.2, 0) is 27.2 Å². The van der Waals surface area contributed by atoms with Gasteiger partial charge in [0.1, 0.15) is 11.3 Å². The van der Waals surface area contributed by atoms with Crippen LogP contribution >= 0.6 is 0 Å². The van der Waals surface area contributed by atoms with Gasteiger partial charge in [0.25, 0.3) is 0 Å². The van der Waals surface area contributed by atoms with Gasteiger partial charge in [0.05, 0.1) is 17.5 Å². The Labute approximate surface area is 225 Å². The molecule has 6 rings (SSSR count). The number of aryl methyl sites for hydroxylation is 1. The standard InChI is InChI=1S/C32H28N2O5/c1-2-19-10-14-22(15-11-19)34-29(36)26-27(30(34)37)32(31(38)39,18-20-12-16-23(35)17-13-20)33-28(26)25-9-5-7-21-6-3-4-8-24(21)25/h3-17,26-28,33,35H,2,18H2,1H3,(H,38,39). The number of fused-ring (bicyclic) bond motifs is 2. The highest BCUT2D eigenvalue weighted by Crippen LogP contribution is 2.51. The smallest absolute Gasteiger partial charge is 0.325 e. The SMILES string of the molecule is CCc1ccc(N2C(=O)C3C(c4cccc5ccccc45)NC(Cc4ccc(O)cc4)(C(=O)O)C3C2=O)cc1. The maximum Gasteiger partial charge on any atom is 0.325 e. The van der Waals surface area contributed by atoms with Crippen LogP contribution in [0.5, 0.6) is 5.75 Å². The van der Waals surface area contributed by atoms with E-state index in [-0.39, 0.29) is 12.2 Å². The van der Waals surface area contributed by atoms with E-state index in [0.29, 0.717) is 11.3 Å². The number of amides is 2. The molecule has 4 atom stereocenters. The topological polar surface area (TPSA) is 107 Å². The lowest BCUT2D eigenvalue weighted by atomic mass is 9.76. The second-order valence-corrected chi connectivity index (χ2v) is 10.3. The molecule has 2 fully saturated rings. The second kappa shape index (κ2) is 9.36. The Kier molecular flexibility index (Phi) is 5.96. The highest BCUT2D eigenvalue weighted by Gasteiger charge is 2.68. The van der Waals surface area contributed by atoms with Gasteiger partial charge in [-0.1, -0.05) is 73.7 Å². The number of carbonyl (C=O) groups excluding carboxylic acids is 2. The predicted molar refractivity (Wildman–Crippen MR) is 147 cm³/mol. The number of rotatable bonds is 6. The van der Waals surface area contributed by atoms with E-state index in [2.05, 4.69) is 5.32 Å². The highest BCUT2D eigenvalue weighted by molar-refractivity contribution is 6.24. The minimum absolute atomic E-state index is 0.0350. The van der Waals surface area contributed by atoms with Crippen LogP contribution in [0.25, 0.3) is 10.8 Å². The van der Waals surface area contributed by atoms with Gasteiger partial charge in [-0.15, -0.1) is 0 Å². The average molecular weight is 521 g/mol. The predicted octanol–water partition coefficient (Wildman–Crippen LogP) is 4.62. The molecule has 4 aromatic carbocycles. The molecular weight excluding hydrogens is 492 g/mol. The van der Waals surface area contributed by atoms with Crippen LogP contribution in [0, 0.1) is 11.8 Å². The fraction of sp³-hybridized carbons (Fsp3) is 0.219. The molecule has 2 aliphatic heterocycles. The molecule has 7 nitrogen and oxygen atoms in total. The van der Waals surface area contributed by atoms with Crippen molar-refractivity contribution in [3.63, 3.8) is 0 Å². The molecule has 2 amide bonds. The minimum Gasteiger partial charge on any atom is -0.508 e. The second-order valence-electron chi connectivity index (χ2n) is 10.3. The Balaban J connectivity index is 1.52. The Morgan fingerprint density at radius 1 is 0.872 bits per heavy atom. The molecule has 4 unspecified atom stereocenters. The van der Waals surface area contributed by atoms with Gasteiger partial charge in [-0.05, 0) is 58.1 Å². The lowest BCUT2D eigenvalue weighted by molar-refractivity contribution is -0.148. The van der Waals surface area contributed by atoms with Crippen molar-refractivity contribution in [2.24, 2.45) is 11.8 Å². The molecule has 2 heterocycles. The monoisotopic (exact) mass is 520 g/mol. The summed E-state index contributed by atoms with van der Waals surface area (Å²) < 4.78 is 0. The first-order chi connectivity index (χ1) is 18.8. The quantitative estimate of drug-likeness (QED) is 0.320. The zero-order valence-corrected chi connectivity index (χ0v) is 21.4. The van der Waals surface area contributed by atoms with Crippen molar-refractivity contribution < 1.29 is 24.6 Å². The van der Waals surface area contributed by atoms with E-state index in [0.717, 1.165) is 28.3 Å². The summed E-state index contributed by atoms with van der Waals surface area (Å²) in [6.07, 6.45) is 0.780. The Bertz CT molecular complexity index is 1590. The average Bonchev–Trinajstić information content (AvgIpc) is 3.43. The Hall–Kier alpha value is -4.49. The number of nitrogens with one attached hydrogen (secondary N) is 1. The fourth-order valence-corrected chi connectivity index (χ4v) is 6.30. The van der Waals surface area contributed by atoms with E-state index in [1.807, 2.05) is 61.5 Å². The van der Waals surface area contributed by atoms with Gasteiger partial charge in [0.15, 0.2) is 0 Å². The molecule has 0 radical (unpaired) electrons. The summed E-state index contributed by atoms with van der Waals surface area (Å²) in [4.78, 5) is 42.6. The van der Waals surface area contributed by atoms with Crippen molar-refractivity contribution in [2.45, 2.75) is 31.3 Å². The van der Waals surface area contributed by atoms with Crippen LogP contribution in [0.1, 0.15) is 29.7 Å². The lowest BCUT2D eigenvalue weighted by Gasteiger charge is -2.31. The van der Waals surface area contributed by atoms with Gasteiger partial charge < -0.3 is 10.2 Å². The Morgan fingerprint density at radius 3 is 2.23 bits per heavy atom. The third-order valence-corrected chi connectivity index (χ3v) is 8.22. The van der Waals surface area contributed by atoms with Gasteiger partial charge in [-0.3, -0.25) is 19.7 Å². The van der Waals surface area contributed by atoms with Gasteiger partial charge in [0, 0.05) is 12.5 Å². The van der Waals surface area contributed by atoms with E-state index in [1.165, 1.54) is 17.0 Å². The number of anilines is 1. The first-order valence-corrected chi connectivity index (χ1v) is 13.1. The van der Waals surface area contributed by atoms with Gasteiger partial charge in [0.2, 0.25) is 11.8 Å². The molecule has 0 aliphatic carbocycles. The van der Waals surface area contributed by atoms with Crippen LogP contribution in [0.3, 0.4) is 0 Å². The zero-order valence-electron chi connectivity index (χ0n) is 21.4. The number of aromatic hydroxyl groups is 1. The molecule has 2 aliphatic rings. The number of aliphatic carboxylic acids is 1. The van der Waals surface area contributed by atoms with Crippen molar-refractivity contribution in [3.8, 4) is 5.75 Å². The fourth-order valence-electron chi connectivity index (χ4n) is 6.30. The molecule has 7 heteroatoms. The summed E-state index contributed by atoms with van der Waals surface area (Å²) in [6, 6.07) is 26.3. The number of benzene rings is 4. The summed E-state index contributed by atoms with van der Waals surface area (Å²) in [5.74, 6) is -4.12. The van der Waals surface area contributed by atoms with Gasteiger partial charge in [-0.25, -0.2) is 4.90 Å². The number of hydrogen-bond acceptors (Lipinski definition) is 5. The number of phenols is 1. The summed E-state index contributed by atoms with van der Waals surface area (Å²) in [6.45, 7) is 2.02. The van der Waals surface area contributed by atoms with E-state index >= 15 is 0 Å². The number of carboxylic acids is 1. The first-order valence-electron chi connectivity index (χ1n) is 13.1. The molecule has 196 valence electrons. The van der Waals surface area contributed by atoms with Crippen LogP contribution < -0.4 is 10.2 Å². The van der Waals surface area contributed by atoms with Crippen molar-refractivity contribution in [2.75, 3.05) is 4.90 Å². The van der Waals surface area contributed by atoms with Crippen molar-refractivity contribution in [3.05, 3.63) is 108 Å². The van der Waals surface area contributed by atoms with Crippen molar-refractivity contribution >= 4 is 34.2 Å². The van der Waals surface area contributed by atoms with E-state index in [4.69, 9.17) is 0 Å². The third-order valence-electron chi connectivity index (χ3n) is 8.22.